The highest BCUT2D eigenvalue weighted by Gasteiger charge is 2.32. The lowest BCUT2D eigenvalue weighted by molar-refractivity contribution is -0.120. The van der Waals surface area contributed by atoms with Crippen LogP contribution in [0, 0.1) is 5.92 Å². The maximum absolute atomic E-state index is 12.7. The molecule has 0 spiro atoms. The van der Waals surface area contributed by atoms with Crippen molar-refractivity contribution in [1.29, 1.82) is 0 Å². The second-order valence-corrected chi connectivity index (χ2v) is 9.57. The molecule has 0 aliphatic carbocycles. The SMILES string of the molecule is O=C(Nc1ccccc1Cl)[C@H]1CCCN(S(=O)(=O)CCCc2ccccc2)C1. The highest BCUT2D eigenvalue weighted by atomic mass is 35.5. The highest BCUT2D eigenvalue weighted by Crippen LogP contribution is 2.25. The Morgan fingerprint density at radius 1 is 1.11 bits per heavy atom. The van der Waals surface area contributed by atoms with Gasteiger partial charge in [-0.05, 0) is 43.4 Å². The molecule has 1 amide bonds. The van der Waals surface area contributed by atoms with Crippen molar-refractivity contribution in [1.82, 2.24) is 4.31 Å². The van der Waals surface area contributed by atoms with Gasteiger partial charge in [-0.25, -0.2) is 12.7 Å². The molecular weight excluding hydrogens is 396 g/mol. The van der Waals surface area contributed by atoms with E-state index in [9.17, 15) is 13.2 Å². The number of nitrogens with zero attached hydrogens (tertiary/aromatic N) is 1. The molecule has 150 valence electrons. The van der Waals surface area contributed by atoms with Crippen LogP contribution in [0.3, 0.4) is 0 Å². The van der Waals surface area contributed by atoms with E-state index >= 15 is 0 Å². The number of nitrogens with one attached hydrogen (secondary N) is 1. The third kappa shape index (κ3) is 5.56. The number of aryl methyl sites for hydroxylation is 1. The fourth-order valence-electron chi connectivity index (χ4n) is 3.44. The molecule has 1 atom stereocenters. The quantitative estimate of drug-likeness (QED) is 0.737. The molecule has 1 aliphatic rings. The number of amides is 1. The molecule has 1 N–H and O–H groups in total. The maximum atomic E-state index is 12.7. The van der Waals surface area contributed by atoms with E-state index in [0.29, 0.717) is 36.5 Å². The molecule has 1 fully saturated rings. The molecule has 0 aromatic heterocycles. The third-order valence-electron chi connectivity index (χ3n) is 4.99. The number of hydrogen-bond acceptors (Lipinski definition) is 3. The zero-order valence-electron chi connectivity index (χ0n) is 15.7. The van der Waals surface area contributed by atoms with Gasteiger partial charge in [0.2, 0.25) is 15.9 Å². The van der Waals surface area contributed by atoms with Gasteiger partial charge in [0.05, 0.1) is 22.4 Å². The van der Waals surface area contributed by atoms with Gasteiger partial charge in [0.25, 0.3) is 0 Å². The van der Waals surface area contributed by atoms with Crippen LogP contribution in [0.2, 0.25) is 5.02 Å². The van der Waals surface area contributed by atoms with Gasteiger partial charge >= 0.3 is 0 Å². The van der Waals surface area contributed by atoms with Gasteiger partial charge in [-0.1, -0.05) is 54.1 Å². The van der Waals surface area contributed by atoms with Crippen molar-refractivity contribution in [3.8, 4) is 0 Å². The summed E-state index contributed by atoms with van der Waals surface area (Å²) in [7, 11) is -3.37. The predicted molar refractivity (Wildman–Crippen MR) is 113 cm³/mol. The Labute approximate surface area is 171 Å². The second-order valence-electron chi connectivity index (χ2n) is 7.07. The van der Waals surface area contributed by atoms with E-state index in [1.165, 1.54) is 4.31 Å². The van der Waals surface area contributed by atoms with Crippen LogP contribution in [-0.2, 0) is 21.2 Å². The molecule has 0 bridgehead atoms. The van der Waals surface area contributed by atoms with Crippen LogP contribution in [0.4, 0.5) is 5.69 Å². The van der Waals surface area contributed by atoms with Crippen LogP contribution in [-0.4, -0.2) is 37.5 Å². The maximum Gasteiger partial charge on any atom is 0.228 e. The summed E-state index contributed by atoms with van der Waals surface area (Å²) in [4.78, 5) is 12.6. The van der Waals surface area contributed by atoms with Crippen LogP contribution in [0.5, 0.6) is 0 Å². The number of halogens is 1. The predicted octanol–water partition coefficient (Wildman–Crippen LogP) is 3.95. The number of para-hydroxylation sites is 1. The van der Waals surface area contributed by atoms with Crippen molar-refractivity contribution in [2.75, 3.05) is 24.2 Å². The molecule has 2 aromatic carbocycles. The smallest absolute Gasteiger partial charge is 0.228 e. The Bertz CT molecular complexity index is 903. The lowest BCUT2D eigenvalue weighted by atomic mass is 9.99. The number of benzene rings is 2. The first-order valence-electron chi connectivity index (χ1n) is 9.53. The zero-order valence-corrected chi connectivity index (χ0v) is 17.3. The average molecular weight is 421 g/mol. The largest absolute Gasteiger partial charge is 0.324 e. The van der Waals surface area contributed by atoms with E-state index < -0.39 is 10.0 Å². The van der Waals surface area contributed by atoms with Crippen molar-refractivity contribution < 1.29 is 13.2 Å². The van der Waals surface area contributed by atoms with Gasteiger partial charge < -0.3 is 5.32 Å². The van der Waals surface area contributed by atoms with E-state index in [0.717, 1.165) is 12.0 Å². The summed E-state index contributed by atoms with van der Waals surface area (Å²) in [5.74, 6) is -0.452. The Kier molecular flexibility index (Phi) is 7.10. The van der Waals surface area contributed by atoms with Crippen molar-refractivity contribution >= 4 is 33.2 Å². The van der Waals surface area contributed by atoms with Crippen LogP contribution in [0.15, 0.2) is 54.6 Å². The molecule has 1 aliphatic heterocycles. The summed E-state index contributed by atoms with van der Waals surface area (Å²) in [5, 5.41) is 3.29. The molecule has 0 unspecified atom stereocenters. The minimum Gasteiger partial charge on any atom is -0.324 e. The number of rotatable bonds is 7. The highest BCUT2D eigenvalue weighted by molar-refractivity contribution is 7.89. The summed E-state index contributed by atoms with van der Waals surface area (Å²) >= 11 is 6.10. The standard InChI is InChI=1S/C21H25ClN2O3S/c22-19-12-4-5-13-20(19)23-21(25)18-11-6-14-24(16-18)28(26,27)15-7-10-17-8-2-1-3-9-17/h1-5,8-9,12-13,18H,6-7,10-11,14-16H2,(H,23,25)/t18-/m0/s1. The summed E-state index contributed by atoms with van der Waals surface area (Å²) in [6.07, 6.45) is 2.65. The molecule has 2 aromatic rings. The van der Waals surface area contributed by atoms with E-state index in [1.54, 1.807) is 24.3 Å². The second kappa shape index (κ2) is 9.54. The number of anilines is 1. The molecular formula is C21H25ClN2O3S. The minimum absolute atomic E-state index is 0.0980. The van der Waals surface area contributed by atoms with Crippen LogP contribution in [0.25, 0.3) is 0 Å². The zero-order chi connectivity index (χ0) is 20.0. The van der Waals surface area contributed by atoms with Crippen LogP contribution >= 0.6 is 11.6 Å². The molecule has 1 saturated heterocycles. The average Bonchev–Trinajstić information content (AvgIpc) is 2.70. The van der Waals surface area contributed by atoms with Crippen LogP contribution < -0.4 is 5.32 Å². The number of hydrogen-bond donors (Lipinski definition) is 1. The van der Waals surface area contributed by atoms with Crippen molar-refractivity contribution in [3.63, 3.8) is 0 Å². The number of carbonyl (C=O) groups is 1. The number of piperidine rings is 1. The van der Waals surface area contributed by atoms with Gasteiger partial charge in [-0.15, -0.1) is 0 Å². The molecule has 0 saturated carbocycles. The number of sulfonamides is 1. The molecule has 28 heavy (non-hydrogen) atoms. The first-order valence-corrected chi connectivity index (χ1v) is 11.5. The molecule has 0 radical (unpaired) electrons. The lowest BCUT2D eigenvalue weighted by Crippen LogP contribution is -2.44. The van der Waals surface area contributed by atoms with E-state index in [2.05, 4.69) is 5.32 Å². The summed E-state index contributed by atoms with van der Waals surface area (Å²) < 4.78 is 26.9. The topological polar surface area (TPSA) is 66.5 Å². The first kappa shape index (κ1) is 20.8. The third-order valence-corrected chi connectivity index (χ3v) is 7.24. The van der Waals surface area contributed by atoms with Crippen LogP contribution in [0.1, 0.15) is 24.8 Å². The van der Waals surface area contributed by atoms with Crippen molar-refractivity contribution in [3.05, 3.63) is 65.2 Å². The monoisotopic (exact) mass is 420 g/mol. The fraction of sp³-hybridized carbons (Fsp3) is 0.381. The van der Waals surface area contributed by atoms with Gasteiger partial charge in [-0.3, -0.25) is 4.79 Å². The Hall–Kier alpha value is -1.89. The van der Waals surface area contributed by atoms with Gasteiger partial charge in [0, 0.05) is 13.1 Å². The van der Waals surface area contributed by atoms with Gasteiger partial charge in [0.1, 0.15) is 0 Å². The lowest BCUT2D eigenvalue weighted by Gasteiger charge is -2.31. The Balaban J connectivity index is 1.55. The summed E-state index contributed by atoms with van der Waals surface area (Å²) in [6.45, 7) is 0.702. The number of carbonyl (C=O) groups excluding carboxylic acids is 1. The fourth-order valence-corrected chi connectivity index (χ4v) is 5.20. The van der Waals surface area contributed by atoms with Crippen molar-refractivity contribution in [2.24, 2.45) is 5.92 Å². The molecule has 3 rings (SSSR count). The normalized spacial score (nSPS) is 18.0. The van der Waals surface area contributed by atoms with E-state index in [1.807, 2.05) is 30.3 Å². The summed E-state index contributed by atoms with van der Waals surface area (Å²) in [5.41, 5.74) is 1.69. The molecule has 7 heteroatoms. The van der Waals surface area contributed by atoms with E-state index in [-0.39, 0.29) is 24.1 Å². The van der Waals surface area contributed by atoms with Crippen molar-refractivity contribution in [2.45, 2.75) is 25.7 Å². The van der Waals surface area contributed by atoms with Gasteiger partial charge in [0.15, 0.2) is 0 Å². The summed E-state index contributed by atoms with van der Waals surface area (Å²) in [6, 6.07) is 16.9. The Morgan fingerprint density at radius 3 is 2.57 bits per heavy atom. The van der Waals surface area contributed by atoms with Gasteiger partial charge in [-0.2, -0.15) is 0 Å². The molecule has 5 nitrogen and oxygen atoms in total. The molecule has 1 heterocycles. The Morgan fingerprint density at radius 2 is 1.82 bits per heavy atom. The first-order chi connectivity index (χ1) is 13.5. The van der Waals surface area contributed by atoms with E-state index in [4.69, 9.17) is 11.6 Å². The minimum atomic E-state index is -3.37.